The van der Waals surface area contributed by atoms with Crippen LogP contribution in [0.4, 0.5) is 5.69 Å². The van der Waals surface area contributed by atoms with Crippen LogP contribution in [0, 0.1) is 0 Å². The van der Waals surface area contributed by atoms with Gasteiger partial charge in [0, 0.05) is 17.3 Å². The van der Waals surface area contributed by atoms with Gasteiger partial charge in [0.1, 0.15) is 15.6 Å². The van der Waals surface area contributed by atoms with Crippen LogP contribution in [0.15, 0.2) is 18.2 Å². The molecule has 0 fully saturated rings. The molecule has 0 aliphatic rings. The predicted molar refractivity (Wildman–Crippen MR) is 70.8 cm³/mol. The summed E-state index contributed by atoms with van der Waals surface area (Å²) in [4.78, 5) is 0. The highest BCUT2D eigenvalue weighted by molar-refractivity contribution is 7.90. The molecule has 0 amide bonds. The molecule has 1 rings (SSSR count). The van der Waals surface area contributed by atoms with Crippen LogP contribution >= 0.6 is 11.6 Å². The van der Waals surface area contributed by atoms with Crippen LogP contribution in [-0.2, 0) is 9.84 Å². The summed E-state index contributed by atoms with van der Waals surface area (Å²) in [6, 6.07) is 4.95. The van der Waals surface area contributed by atoms with E-state index in [1.165, 1.54) is 6.26 Å². The van der Waals surface area contributed by atoms with Gasteiger partial charge in [0.25, 0.3) is 0 Å². The van der Waals surface area contributed by atoms with E-state index in [0.29, 0.717) is 16.5 Å². The summed E-state index contributed by atoms with van der Waals surface area (Å²) in [7, 11) is -1.46. The molecule has 1 N–H and O–H groups in total. The molecular formula is C11H16ClNO3S. The number of anilines is 1. The van der Waals surface area contributed by atoms with Crippen molar-refractivity contribution < 1.29 is 13.2 Å². The van der Waals surface area contributed by atoms with E-state index in [9.17, 15) is 8.42 Å². The Morgan fingerprint density at radius 3 is 2.65 bits per heavy atom. The zero-order valence-electron chi connectivity index (χ0n) is 10.0. The fourth-order valence-electron chi connectivity index (χ4n) is 1.55. The lowest BCUT2D eigenvalue weighted by atomic mass is 10.2. The molecule has 1 unspecified atom stereocenters. The molecule has 0 radical (unpaired) electrons. The number of methoxy groups -OCH3 is 1. The Balaban J connectivity index is 2.83. The molecule has 0 saturated carbocycles. The number of sulfone groups is 1. The zero-order valence-corrected chi connectivity index (χ0v) is 11.6. The van der Waals surface area contributed by atoms with Crippen molar-refractivity contribution in [3.05, 3.63) is 23.2 Å². The van der Waals surface area contributed by atoms with Crippen molar-refractivity contribution in [1.29, 1.82) is 0 Å². The van der Waals surface area contributed by atoms with Crippen LogP contribution in [0.25, 0.3) is 0 Å². The Hall–Kier alpha value is -0.940. The Labute approximate surface area is 107 Å². The number of ether oxygens (including phenoxy) is 1. The van der Waals surface area contributed by atoms with Crippen LogP contribution in [0.2, 0.25) is 5.02 Å². The first kappa shape index (κ1) is 14.1. The molecule has 96 valence electrons. The molecule has 1 atom stereocenters. The summed E-state index contributed by atoms with van der Waals surface area (Å²) >= 11 is 5.88. The Bertz CT molecular complexity index is 487. The summed E-state index contributed by atoms with van der Waals surface area (Å²) in [6.07, 6.45) is 1.21. The second-order valence-electron chi connectivity index (χ2n) is 3.98. The monoisotopic (exact) mass is 277 g/mol. The minimum absolute atomic E-state index is 0.0582. The third kappa shape index (κ3) is 4.83. The van der Waals surface area contributed by atoms with Crippen LogP contribution in [0.5, 0.6) is 5.75 Å². The van der Waals surface area contributed by atoms with E-state index in [1.54, 1.807) is 32.2 Å². The molecule has 1 aromatic rings. The van der Waals surface area contributed by atoms with Crippen molar-refractivity contribution in [3.63, 3.8) is 0 Å². The van der Waals surface area contributed by atoms with Crippen molar-refractivity contribution in [2.45, 2.75) is 13.0 Å². The summed E-state index contributed by atoms with van der Waals surface area (Å²) in [5.74, 6) is 0.692. The first-order chi connectivity index (χ1) is 7.81. The van der Waals surface area contributed by atoms with Gasteiger partial charge in [-0.05, 0) is 25.1 Å². The Morgan fingerprint density at radius 2 is 2.12 bits per heavy atom. The van der Waals surface area contributed by atoms with Crippen molar-refractivity contribution in [2.24, 2.45) is 0 Å². The van der Waals surface area contributed by atoms with E-state index in [4.69, 9.17) is 16.3 Å². The van der Waals surface area contributed by atoms with Crippen LogP contribution in [0.3, 0.4) is 0 Å². The molecule has 4 nitrogen and oxygen atoms in total. The number of rotatable bonds is 5. The van der Waals surface area contributed by atoms with Gasteiger partial charge >= 0.3 is 0 Å². The van der Waals surface area contributed by atoms with E-state index in [2.05, 4.69) is 5.32 Å². The zero-order chi connectivity index (χ0) is 13.1. The fourth-order valence-corrected chi connectivity index (χ4v) is 2.72. The van der Waals surface area contributed by atoms with Crippen molar-refractivity contribution in [3.8, 4) is 5.75 Å². The van der Waals surface area contributed by atoms with Crippen molar-refractivity contribution >= 4 is 27.1 Å². The van der Waals surface area contributed by atoms with Gasteiger partial charge in [0.05, 0.1) is 18.6 Å². The number of hydrogen-bond donors (Lipinski definition) is 1. The Kier molecular flexibility index (Phi) is 4.65. The maximum atomic E-state index is 11.2. The van der Waals surface area contributed by atoms with Gasteiger partial charge in [0.2, 0.25) is 0 Å². The molecule has 6 heteroatoms. The van der Waals surface area contributed by atoms with E-state index < -0.39 is 9.84 Å². The van der Waals surface area contributed by atoms with Crippen LogP contribution in [-0.4, -0.2) is 33.6 Å². The molecular weight excluding hydrogens is 262 g/mol. The highest BCUT2D eigenvalue weighted by Gasteiger charge is 2.12. The summed E-state index contributed by atoms with van der Waals surface area (Å²) in [6.45, 7) is 1.79. The van der Waals surface area contributed by atoms with Gasteiger partial charge in [-0.2, -0.15) is 0 Å². The van der Waals surface area contributed by atoms with Crippen molar-refractivity contribution in [1.82, 2.24) is 0 Å². The number of hydrogen-bond acceptors (Lipinski definition) is 4. The smallest absolute Gasteiger partial charge is 0.149 e. The van der Waals surface area contributed by atoms with Crippen LogP contribution < -0.4 is 10.1 Å². The average molecular weight is 278 g/mol. The molecule has 1 aromatic carbocycles. The predicted octanol–water partition coefficient (Wildman–Crippen LogP) is 2.19. The Morgan fingerprint density at radius 1 is 1.47 bits per heavy atom. The van der Waals surface area contributed by atoms with E-state index in [0.717, 1.165) is 0 Å². The highest BCUT2D eigenvalue weighted by atomic mass is 35.5. The lowest BCUT2D eigenvalue weighted by molar-refractivity contribution is 0.416. The molecule has 0 aliphatic carbocycles. The van der Waals surface area contributed by atoms with Crippen molar-refractivity contribution in [2.75, 3.05) is 24.4 Å². The van der Waals surface area contributed by atoms with E-state index in [-0.39, 0.29) is 11.8 Å². The largest absolute Gasteiger partial charge is 0.495 e. The van der Waals surface area contributed by atoms with Gasteiger partial charge in [0.15, 0.2) is 0 Å². The minimum atomic E-state index is -3.01. The first-order valence-electron chi connectivity index (χ1n) is 5.09. The molecule has 0 bridgehead atoms. The average Bonchev–Trinajstić information content (AvgIpc) is 2.14. The summed E-state index contributed by atoms with van der Waals surface area (Å²) in [5.41, 5.74) is 0.691. The minimum Gasteiger partial charge on any atom is -0.495 e. The van der Waals surface area contributed by atoms with E-state index >= 15 is 0 Å². The first-order valence-corrected chi connectivity index (χ1v) is 7.53. The lowest BCUT2D eigenvalue weighted by Crippen LogP contribution is -2.25. The molecule has 0 saturated heterocycles. The maximum absolute atomic E-state index is 11.2. The van der Waals surface area contributed by atoms with Gasteiger partial charge in [-0.1, -0.05) is 11.6 Å². The number of benzene rings is 1. The molecule has 0 aromatic heterocycles. The van der Waals surface area contributed by atoms with Gasteiger partial charge < -0.3 is 10.1 Å². The number of nitrogens with one attached hydrogen (secondary N) is 1. The molecule has 0 spiro atoms. The summed E-state index contributed by atoms with van der Waals surface area (Å²) < 4.78 is 27.5. The summed E-state index contributed by atoms with van der Waals surface area (Å²) in [5, 5.41) is 3.64. The second-order valence-corrected chi connectivity index (χ2v) is 6.60. The quantitative estimate of drug-likeness (QED) is 0.896. The topological polar surface area (TPSA) is 55.4 Å². The standard InChI is InChI=1S/C11H16ClNO3S/c1-8(7-17(3,14)15)13-10-6-9(12)4-5-11(10)16-2/h4-6,8,13H,7H2,1-3H3. The molecule has 0 heterocycles. The highest BCUT2D eigenvalue weighted by Crippen LogP contribution is 2.28. The SMILES string of the molecule is COc1ccc(Cl)cc1NC(C)CS(C)(=O)=O. The van der Waals surface area contributed by atoms with Crippen LogP contribution in [0.1, 0.15) is 6.92 Å². The lowest BCUT2D eigenvalue weighted by Gasteiger charge is -2.16. The maximum Gasteiger partial charge on any atom is 0.149 e. The normalized spacial score (nSPS) is 13.2. The van der Waals surface area contributed by atoms with Gasteiger partial charge in [-0.15, -0.1) is 0 Å². The third-order valence-corrected chi connectivity index (χ3v) is 3.46. The molecule has 17 heavy (non-hydrogen) atoms. The third-order valence-electron chi connectivity index (χ3n) is 2.12. The fraction of sp³-hybridized carbons (Fsp3) is 0.455. The molecule has 0 aliphatic heterocycles. The van der Waals surface area contributed by atoms with E-state index in [1.807, 2.05) is 0 Å². The second kappa shape index (κ2) is 5.60. The van der Waals surface area contributed by atoms with Gasteiger partial charge in [-0.25, -0.2) is 8.42 Å². The number of halogens is 1. The van der Waals surface area contributed by atoms with Gasteiger partial charge in [-0.3, -0.25) is 0 Å².